The van der Waals surface area contributed by atoms with E-state index in [1.54, 1.807) is 0 Å². The van der Waals surface area contributed by atoms with Crippen molar-refractivity contribution in [3.63, 3.8) is 0 Å². The van der Waals surface area contributed by atoms with Gasteiger partial charge in [-0.05, 0) is 19.8 Å². The second-order valence-electron chi connectivity index (χ2n) is 5.75. The number of nitrogens with one attached hydrogen (secondary N) is 3. The lowest BCUT2D eigenvalue weighted by Gasteiger charge is -2.19. The highest BCUT2D eigenvalue weighted by atomic mass is 16.4. The number of hydrogen-bond donors (Lipinski definition) is 6. The maximum atomic E-state index is 11.8. The number of aliphatic carboxylic acids is 3. The van der Waals surface area contributed by atoms with Crippen LogP contribution in [0.25, 0.3) is 0 Å². The smallest absolute Gasteiger partial charge is 0.326 e. The van der Waals surface area contributed by atoms with Crippen molar-refractivity contribution >= 4 is 35.6 Å². The van der Waals surface area contributed by atoms with Gasteiger partial charge >= 0.3 is 17.9 Å². The average molecular weight is 390 g/mol. The summed E-state index contributed by atoms with van der Waals surface area (Å²) in [5.74, 6) is -6.10. The summed E-state index contributed by atoms with van der Waals surface area (Å²) in [6.07, 6.45) is -1.54. The van der Waals surface area contributed by atoms with Gasteiger partial charge in [0, 0.05) is 19.8 Å². The van der Waals surface area contributed by atoms with Gasteiger partial charge in [0.05, 0.1) is 0 Å². The van der Waals surface area contributed by atoms with E-state index < -0.39 is 66.6 Å². The van der Waals surface area contributed by atoms with E-state index in [0.717, 1.165) is 0 Å². The molecule has 0 fully saturated rings. The molecule has 12 nitrogen and oxygen atoms in total. The Balaban J connectivity index is 4.66. The van der Waals surface area contributed by atoms with E-state index in [2.05, 4.69) is 16.0 Å². The third-order valence-electron chi connectivity index (χ3n) is 3.37. The number of carbonyl (C=O) groups excluding carboxylic acids is 3. The zero-order valence-corrected chi connectivity index (χ0v) is 14.9. The molecule has 0 saturated heterocycles. The summed E-state index contributed by atoms with van der Waals surface area (Å²) in [4.78, 5) is 67.2. The summed E-state index contributed by atoms with van der Waals surface area (Å²) in [7, 11) is 0. The molecule has 27 heavy (non-hydrogen) atoms. The first-order valence-electron chi connectivity index (χ1n) is 7.98. The minimum Gasteiger partial charge on any atom is -0.481 e. The van der Waals surface area contributed by atoms with Crippen LogP contribution >= 0.6 is 0 Å². The molecule has 12 heteroatoms. The zero-order chi connectivity index (χ0) is 21.1. The lowest BCUT2D eigenvalue weighted by Crippen LogP contribution is -2.50. The maximum absolute atomic E-state index is 11.8. The van der Waals surface area contributed by atoms with E-state index in [9.17, 15) is 28.8 Å². The van der Waals surface area contributed by atoms with Crippen molar-refractivity contribution in [2.24, 2.45) is 0 Å². The fourth-order valence-corrected chi connectivity index (χ4v) is 1.99. The summed E-state index contributed by atoms with van der Waals surface area (Å²) in [6.45, 7) is 2.54. The van der Waals surface area contributed by atoms with E-state index >= 15 is 0 Å². The van der Waals surface area contributed by atoms with Gasteiger partial charge in [-0.15, -0.1) is 0 Å². The summed E-state index contributed by atoms with van der Waals surface area (Å²) in [5.41, 5.74) is 0. The highest BCUT2D eigenvalue weighted by Crippen LogP contribution is 2.03. The normalized spacial score (nSPS) is 13.6. The molecule has 0 aliphatic rings. The largest absolute Gasteiger partial charge is 0.481 e. The molecule has 0 aliphatic heterocycles. The van der Waals surface area contributed by atoms with E-state index in [1.807, 2.05) is 0 Å². The van der Waals surface area contributed by atoms with Crippen LogP contribution in [0.15, 0.2) is 0 Å². The molecule has 0 aromatic heterocycles. The molecule has 3 atom stereocenters. The number of hydrogen-bond acceptors (Lipinski definition) is 6. The van der Waals surface area contributed by atoms with Crippen LogP contribution in [0, 0.1) is 0 Å². The molecule has 0 spiro atoms. The summed E-state index contributed by atoms with van der Waals surface area (Å²) < 4.78 is 0. The first-order valence-corrected chi connectivity index (χ1v) is 7.98. The summed E-state index contributed by atoms with van der Waals surface area (Å²) in [6, 6.07) is -3.83. The molecule has 0 heterocycles. The van der Waals surface area contributed by atoms with E-state index in [4.69, 9.17) is 15.3 Å². The fourth-order valence-electron chi connectivity index (χ4n) is 1.99. The maximum Gasteiger partial charge on any atom is 0.326 e. The average Bonchev–Trinajstić information content (AvgIpc) is 2.53. The van der Waals surface area contributed by atoms with Crippen molar-refractivity contribution in [1.29, 1.82) is 0 Å². The third-order valence-corrected chi connectivity index (χ3v) is 3.37. The number of amides is 3. The van der Waals surface area contributed by atoms with Crippen molar-refractivity contribution < 1.29 is 44.1 Å². The van der Waals surface area contributed by atoms with Crippen LogP contribution in [-0.4, -0.2) is 69.1 Å². The van der Waals surface area contributed by atoms with Gasteiger partial charge in [0.25, 0.3) is 0 Å². The van der Waals surface area contributed by atoms with Crippen molar-refractivity contribution in [1.82, 2.24) is 16.0 Å². The fraction of sp³-hybridized carbons (Fsp3) is 0.600. The molecule has 0 saturated carbocycles. The molecule has 0 bridgehead atoms. The van der Waals surface area contributed by atoms with Crippen molar-refractivity contribution in [3.8, 4) is 0 Å². The Morgan fingerprint density at radius 3 is 1.70 bits per heavy atom. The molecular formula is C15H23N3O9. The molecule has 6 N–H and O–H groups in total. The number of carboxylic acid groups (broad SMARTS) is 3. The minimum atomic E-state index is -1.43. The van der Waals surface area contributed by atoms with Crippen LogP contribution in [0.5, 0.6) is 0 Å². The Morgan fingerprint density at radius 1 is 0.778 bits per heavy atom. The van der Waals surface area contributed by atoms with Gasteiger partial charge < -0.3 is 31.3 Å². The monoisotopic (exact) mass is 390 g/mol. The van der Waals surface area contributed by atoms with E-state index in [-0.39, 0.29) is 12.8 Å². The number of carboxylic acids is 3. The second kappa shape index (κ2) is 11.4. The predicted octanol–water partition coefficient (Wildman–Crippen LogP) is -1.71. The van der Waals surface area contributed by atoms with Gasteiger partial charge in [-0.1, -0.05) is 0 Å². The van der Waals surface area contributed by atoms with Crippen molar-refractivity contribution in [2.45, 2.75) is 57.7 Å². The standard InChI is InChI=1S/C15H23N3O9/c1-7(16-8(2)19)13(23)18-10(15(26)27)3-5-11(20)17-9(14(24)25)4-6-12(21)22/h7,9-10H,3-6H2,1-2H3,(H,16,19)(H,17,20)(H,18,23)(H,21,22)(H,24,25)(H,26,27)/t7-,9-,10-/m0/s1/i16+1. The molecule has 0 aliphatic carbocycles. The minimum absolute atomic E-state index is 0.328. The van der Waals surface area contributed by atoms with Gasteiger partial charge in [-0.25, -0.2) is 9.59 Å². The quantitative estimate of drug-likeness (QED) is 0.210. The van der Waals surface area contributed by atoms with Crippen LogP contribution in [0.2, 0.25) is 0 Å². The van der Waals surface area contributed by atoms with Gasteiger partial charge in [0.2, 0.25) is 17.7 Å². The number of rotatable bonds is 12. The van der Waals surface area contributed by atoms with Gasteiger partial charge in [-0.2, -0.15) is 0 Å². The van der Waals surface area contributed by atoms with Gasteiger partial charge in [0.15, 0.2) is 0 Å². The Morgan fingerprint density at radius 2 is 1.26 bits per heavy atom. The van der Waals surface area contributed by atoms with Crippen LogP contribution in [0.3, 0.4) is 0 Å². The van der Waals surface area contributed by atoms with E-state index in [1.165, 1.54) is 13.8 Å². The molecule has 0 rings (SSSR count). The Kier molecular flexibility index (Phi) is 10.1. The summed E-state index contributed by atoms with van der Waals surface area (Å²) >= 11 is 0. The first-order chi connectivity index (χ1) is 12.4. The molecule has 0 aromatic rings. The predicted molar refractivity (Wildman–Crippen MR) is 88.5 cm³/mol. The Hall–Kier alpha value is -3.18. The zero-order valence-electron chi connectivity index (χ0n) is 14.9. The van der Waals surface area contributed by atoms with Gasteiger partial charge in [-0.3, -0.25) is 19.2 Å². The van der Waals surface area contributed by atoms with Crippen LogP contribution in [0.4, 0.5) is 0 Å². The lowest BCUT2D eigenvalue weighted by molar-refractivity contribution is -0.144. The molecule has 152 valence electrons. The molecular weight excluding hydrogens is 367 g/mol. The van der Waals surface area contributed by atoms with Gasteiger partial charge in [0.1, 0.15) is 18.1 Å². The highest BCUT2D eigenvalue weighted by Gasteiger charge is 2.25. The molecule has 0 unspecified atom stereocenters. The van der Waals surface area contributed by atoms with Crippen molar-refractivity contribution in [3.05, 3.63) is 0 Å². The molecule has 0 radical (unpaired) electrons. The van der Waals surface area contributed by atoms with Crippen molar-refractivity contribution in [2.75, 3.05) is 0 Å². The first kappa shape index (κ1) is 23.8. The second-order valence-corrected chi connectivity index (χ2v) is 5.75. The third kappa shape index (κ3) is 10.4. The van der Waals surface area contributed by atoms with Crippen LogP contribution in [-0.2, 0) is 28.8 Å². The van der Waals surface area contributed by atoms with E-state index in [0.29, 0.717) is 0 Å². The Labute approximate surface area is 154 Å². The Bertz CT molecular complexity index is 605. The lowest BCUT2D eigenvalue weighted by atomic mass is 10.1. The van der Waals surface area contributed by atoms with Crippen LogP contribution in [0.1, 0.15) is 39.5 Å². The topological polar surface area (TPSA) is 199 Å². The van der Waals surface area contributed by atoms with Crippen LogP contribution < -0.4 is 16.0 Å². The summed E-state index contributed by atoms with van der Waals surface area (Å²) in [5, 5.41) is 33.2. The molecule has 0 aromatic carbocycles. The number of carbonyl (C=O) groups is 6. The molecule has 3 amide bonds. The SMILES string of the molecule is CC(=O)[15NH][C@@H](C)C(=O)N[C@@H](CCC(=O)N[C@@H](CCC(=O)O)C(=O)O)C(=O)O. The highest BCUT2D eigenvalue weighted by molar-refractivity contribution is 5.90.